The maximum Gasteiger partial charge on any atom is 0.266 e. The Morgan fingerprint density at radius 3 is 2.30 bits per heavy atom. The number of aryl methyl sites for hydroxylation is 2. The average Bonchev–Trinajstić information content (AvgIpc) is 2.73. The van der Waals surface area contributed by atoms with Crippen molar-refractivity contribution in [2.45, 2.75) is 20.5 Å². The van der Waals surface area contributed by atoms with Crippen molar-refractivity contribution in [3.63, 3.8) is 0 Å². The number of hydrogen-bond donors (Lipinski definition) is 1. The van der Waals surface area contributed by atoms with E-state index >= 15 is 0 Å². The molecule has 30 heavy (non-hydrogen) atoms. The molecule has 0 aliphatic carbocycles. The highest BCUT2D eigenvalue weighted by molar-refractivity contribution is 9.10. The van der Waals surface area contributed by atoms with E-state index in [1.165, 1.54) is 0 Å². The van der Waals surface area contributed by atoms with Crippen LogP contribution in [0.1, 0.15) is 22.3 Å². The quantitative estimate of drug-likeness (QED) is 0.352. The minimum absolute atomic E-state index is 0.0428. The Kier molecular flexibility index (Phi) is 7.05. The molecule has 3 aromatic rings. The summed E-state index contributed by atoms with van der Waals surface area (Å²) in [5.74, 6) is 0.372. The Bertz CT molecular complexity index is 1090. The minimum Gasteiger partial charge on any atom is -0.488 e. The normalized spacial score (nSPS) is 10.9. The Morgan fingerprint density at radius 1 is 1.07 bits per heavy atom. The van der Waals surface area contributed by atoms with E-state index in [1.807, 2.05) is 74.5 Å². The van der Waals surface area contributed by atoms with Crippen molar-refractivity contribution in [3.05, 3.63) is 99.0 Å². The molecular weight excluding hydrogens is 440 g/mol. The van der Waals surface area contributed by atoms with Crippen LogP contribution in [-0.2, 0) is 11.4 Å². The van der Waals surface area contributed by atoms with E-state index in [4.69, 9.17) is 4.74 Å². The zero-order valence-corrected chi connectivity index (χ0v) is 18.4. The highest BCUT2D eigenvalue weighted by Crippen LogP contribution is 2.27. The molecule has 0 saturated heterocycles. The van der Waals surface area contributed by atoms with E-state index in [1.54, 1.807) is 18.2 Å². The summed E-state index contributed by atoms with van der Waals surface area (Å²) in [5.41, 5.74) is 4.43. The number of carbonyl (C=O) groups is 1. The van der Waals surface area contributed by atoms with Gasteiger partial charge in [-0.2, -0.15) is 5.26 Å². The number of benzene rings is 3. The van der Waals surface area contributed by atoms with Crippen molar-refractivity contribution in [3.8, 4) is 11.8 Å². The van der Waals surface area contributed by atoms with E-state index in [0.717, 1.165) is 32.5 Å². The summed E-state index contributed by atoms with van der Waals surface area (Å²) in [5, 5.41) is 12.2. The van der Waals surface area contributed by atoms with Crippen molar-refractivity contribution in [2.24, 2.45) is 0 Å². The number of para-hydroxylation sites is 1. The lowest BCUT2D eigenvalue weighted by atomic mass is 10.0. The summed E-state index contributed by atoms with van der Waals surface area (Å²) < 4.78 is 7.05. The van der Waals surface area contributed by atoms with Crippen LogP contribution in [0, 0.1) is 25.2 Å². The maximum absolute atomic E-state index is 12.4. The molecule has 150 valence electrons. The second kappa shape index (κ2) is 9.91. The first kappa shape index (κ1) is 21.4. The second-order valence-corrected chi connectivity index (χ2v) is 7.80. The lowest BCUT2D eigenvalue weighted by Crippen LogP contribution is -2.13. The number of nitriles is 1. The van der Waals surface area contributed by atoms with Crippen LogP contribution < -0.4 is 10.1 Å². The Labute approximate surface area is 184 Å². The van der Waals surface area contributed by atoms with E-state index in [2.05, 4.69) is 21.2 Å². The van der Waals surface area contributed by atoms with Gasteiger partial charge in [0.25, 0.3) is 5.91 Å². The van der Waals surface area contributed by atoms with Crippen LogP contribution in [0.2, 0.25) is 0 Å². The van der Waals surface area contributed by atoms with Crippen LogP contribution in [0.5, 0.6) is 5.75 Å². The van der Waals surface area contributed by atoms with Gasteiger partial charge in [-0.3, -0.25) is 4.79 Å². The summed E-state index contributed by atoms with van der Waals surface area (Å²) in [6, 6.07) is 22.9. The van der Waals surface area contributed by atoms with Gasteiger partial charge in [0, 0.05) is 10.2 Å². The molecule has 0 unspecified atom stereocenters. The molecular formula is C25H21BrN2O2. The van der Waals surface area contributed by atoms with Crippen LogP contribution in [-0.4, -0.2) is 5.91 Å². The van der Waals surface area contributed by atoms with Gasteiger partial charge in [-0.25, -0.2) is 0 Å². The topological polar surface area (TPSA) is 62.1 Å². The van der Waals surface area contributed by atoms with E-state index < -0.39 is 5.91 Å². The van der Waals surface area contributed by atoms with Gasteiger partial charge >= 0.3 is 0 Å². The van der Waals surface area contributed by atoms with Gasteiger partial charge < -0.3 is 10.1 Å². The first-order chi connectivity index (χ1) is 14.5. The number of halogens is 1. The second-order valence-electron chi connectivity index (χ2n) is 6.89. The van der Waals surface area contributed by atoms with Crippen LogP contribution >= 0.6 is 15.9 Å². The summed E-state index contributed by atoms with van der Waals surface area (Å²) >= 11 is 3.43. The Morgan fingerprint density at radius 2 is 1.70 bits per heavy atom. The third-order valence-electron chi connectivity index (χ3n) is 4.49. The van der Waals surface area contributed by atoms with Gasteiger partial charge in [0.1, 0.15) is 24.0 Å². The van der Waals surface area contributed by atoms with E-state index in [9.17, 15) is 10.1 Å². The molecule has 0 fully saturated rings. The Balaban J connectivity index is 1.76. The molecule has 3 rings (SSSR count). The fourth-order valence-electron chi connectivity index (χ4n) is 3.07. The largest absolute Gasteiger partial charge is 0.488 e. The van der Waals surface area contributed by atoms with Crippen LogP contribution in [0.25, 0.3) is 6.08 Å². The van der Waals surface area contributed by atoms with E-state index in [-0.39, 0.29) is 5.57 Å². The predicted molar refractivity (Wildman–Crippen MR) is 123 cm³/mol. The zero-order chi connectivity index (χ0) is 21.5. The zero-order valence-electron chi connectivity index (χ0n) is 16.8. The first-order valence-corrected chi connectivity index (χ1v) is 10.2. The molecule has 0 bridgehead atoms. The molecule has 0 radical (unpaired) electrons. The van der Waals surface area contributed by atoms with Gasteiger partial charge in [0.2, 0.25) is 0 Å². The molecule has 0 aliphatic heterocycles. The summed E-state index contributed by atoms with van der Waals surface area (Å²) in [6.45, 7) is 4.38. The number of rotatable bonds is 6. The highest BCUT2D eigenvalue weighted by Gasteiger charge is 2.11. The maximum atomic E-state index is 12.4. The summed E-state index contributed by atoms with van der Waals surface area (Å²) in [4.78, 5) is 12.4. The van der Waals surface area contributed by atoms with Crippen molar-refractivity contribution < 1.29 is 9.53 Å². The molecule has 5 heteroatoms. The fraction of sp³-hybridized carbons (Fsp3) is 0.120. The fourth-order valence-corrected chi connectivity index (χ4v) is 3.33. The number of anilines is 1. The number of nitrogens with one attached hydrogen (secondary N) is 1. The lowest BCUT2D eigenvalue weighted by Gasteiger charge is -2.13. The van der Waals surface area contributed by atoms with Crippen LogP contribution in [0.4, 0.5) is 5.69 Å². The minimum atomic E-state index is -0.436. The van der Waals surface area contributed by atoms with Gasteiger partial charge in [0.15, 0.2) is 0 Å². The summed E-state index contributed by atoms with van der Waals surface area (Å²) in [7, 11) is 0. The molecule has 4 nitrogen and oxygen atoms in total. The molecule has 1 N–H and O–H groups in total. The first-order valence-electron chi connectivity index (χ1n) is 9.43. The van der Waals surface area contributed by atoms with Crippen LogP contribution in [0.3, 0.4) is 0 Å². The third-order valence-corrected chi connectivity index (χ3v) is 5.02. The van der Waals surface area contributed by atoms with E-state index in [0.29, 0.717) is 12.3 Å². The summed E-state index contributed by atoms with van der Waals surface area (Å²) in [6.07, 6.45) is 1.59. The smallest absolute Gasteiger partial charge is 0.266 e. The Hall–Kier alpha value is -3.36. The van der Waals surface area contributed by atoms with Gasteiger partial charge in [0.05, 0.1) is 0 Å². The standard InChI is InChI=1S/C25H21BrN2O2/c1-17-12-20(14-21(15-27)25(29)28-23-6-4-3-5-7-23)13-18(2)24(17)30-16-19-8-10-22(26)11-9-19/h3-14H,16H2,1-2H3,(H,28,29)/b21-14+. The molecule has 3 aromatic carbocycles. The van der Waals surface area contributed by atoms with Crippen molar-refractivity contribution in [1.29, 1.82) is 5.26 Å². The monoisotopic (exact) mass is 460 g/mol. The van der Waals surface area contributed by atoms with Gasteiger partial charge in [-0.05, 0) is 78.6 Å². The number of carbonyl (C=O) groups excluding carboxylic acids is 1. The highest BCUT2D eigenvalue weighted by atomic mass is 79.9. The van der Waals surface area contributed by atoms with Crippen LogP contribution in [0.15, 0.2) is 76.8 Å². The molecule has 1 amide bonds. The molecule has 0 aliphatic rings. The number of nitrogens with zero attached hydrogens (tertiary/aromatic N) is 1. The number of ether oxygens (including phenoxy) is 1. The molecule has 0 saturated carbocycles. The molecule has 0 atom stereocenters. The van der Waals surface area contributed by atoms with Gasteiger partial charge in [-0.1, -0.05) is 46.3 Å². The lowest BCUT2D eigenvalue weighted by molar-refractivity contribution is -0.112. The van der Waals surface area contributed by atoms with Crippen molar-refractivity contribution in [1.82, 2.24) is 0 Å². The molecule has 0 heterocycles. The predicted octanol–water partition coefficient (Wildman–Crippen LogP) is 6.19. The van der Waals surface area contributed by atoms with Gasteiger partial charge in [-0.15, -0.1) is 0 Å². The van der Waals surface area contributed by atoms with Crippen molar-refractivity contribution in [2.75, 3.05) is 5.32 Å². The molecule has 0 spiro atoms. The van der Waals surface area contributed by atoms with Crippen molar-refractivity contribution >= 4 is 33.6 Å². The molecule has 0 aromatic heterocycles. The average molecular weight is 461 g/mol. The number of hydrogen-bond acceptors (Lipinski definition) is 3. The number of amides is 1. The third kappa shape index (κ3) is 5.59. The SMILES string of the molecule is Cc1cc(/C=C(\C#N)C(=O)Nc2ccccc2)cc(C)c1OCc1ccc(Br)cc1.